The first kappa shape index (κ1) is 11.9. The Kier molecular flexibility index (Phi) is 5.46. The van der Waals surface area contributed by atoms with E-state index in [-0.39, 0.29) is 0 Å². The lowest BCUT2D eigenvalue weighted by Gasteiger charge is -2.29. The molecule has 0 aromatic heterocycles. The topological polar surface area (TPSA) is 40.5 Å². The van der Waals surface area contributed by atoms with Gasteiger partial charge in [-0.05, 0) is 6.42 Å². The Balaban J connectivity index is 3.56. The van der Waals surface area contributed by atoms with E-state index in [1.165, 1.54) is 12.8 Å². The molecule has 3 heteroatoms. The van der Waals surface area contributed by atoms with Crippen LogP contribution in [0.5, 0.6) is 0 Å². The van der Waals surface area contributed by atoms with Crippen molar-refractivity contribution in [3.05, 3.63) is 0 Å². The molecule has 0 rings (SSSR count). The number of hydrogen-bond donors (Lipinski definition) is 2. The van der Waals surface area contributed by atoms with Crippen LogP contribution >= 0.6 is 0 Å². The predicted molar refractivity (Wildman–Crippen MR) is 49.6 cm³/mol. The molecule has 0 aromatic rings. The van der Waals surface area contributed by atoms with Gasteiger partial charge in [-0.25, -0.2) is 0 Å². The lowest BCUT2D eigenvalue weighted by molar-refractivity contribution is -0.891. The van der Waals surface area contributed by atoms with Crippen LogP contribution in [0.25, 0.3) is 0 Å². The van der Waals surface area contributed by atoms with Gasteiger partial charge in [0, 0.05) is 6.42 Å². The number of rotatable bonds is 6. The number of hydrogen-bond acceptors (Lipinski definition) is 2. The Hall–Kier alpha value is -0.120. The van der Waals surface area contributed by atoms with Gasteiger partial charge in [-0.15, -0.1) is 0 Å². The molecular formula is C9H22NO2+. The summed E-state index contributed by atoms with van der Waals surface area (Å²) in [7, 11) is 4.25. The van der Waals surface area contributed by atoms with E-state index in [1.54, 1.807) is 0 Å². The number of aliphatic hydroxyl groups excluding tert-OH is 1. The molecule has 0 atom stereocenters. The van der Waals surface area contributed by atoms with Crippen molar-refractivity contribution in [3.63, 3.8) is 0 Å². The number of nitrogens with zero attached hydrogens (tertiary/aromatic N) is 1. The van der Waals surface area contributed by atoms with Gasteiger partial charge in [0.05, 0.1) is 27.2 Å². The van der Waals surface area contributed by atoms with Crippen LogP contribution in [0, 0.1) is 0 Å². The predicted octanol–water partition coefficient (Wildman–Crippen LogP) is 0.564. The van der Waals surface area contributed by atoms with Crippen molar-refractivity contribution in [3.8, 4) is 0 Å². The molecule has 0 aliphatic rings. The van der Waals surface area contributed by atoms with E-state index in [4.69, 9.17) is 10.2 Å². The van der Waals surface area contributed by atoms with Crippen molar-refractivity contribution in [2.24, 2.45) is 0 Å². The second-order valence-corrected chi connectivity index (χ2v) is 4.01. The van der Waals surface area contributed by atoms with Crippen LogP contribution in [0.3, 0.4) is 0 Å². The van der Waals surface area contributed by atoms with Gasteiger partial charge in [0.1, 0.15) is 0 Å². The molecule has 0 fully saturated rings. The van der Waals surface area contributed by atoms with Gasteiger partial charge in [-0.3, -0.25) is 0 Å². The lowest BCUT2D eigenvalue weighted by Crippen LogP contribution is -2.42. The second-order valence-electron chi connectivity index (χ2n) is 4.01. The summed E-state index contributed by atoms with van der Waals surface area (Å²) in [5.74, 6) is 0. The fourth-order valence-corrected chi connectivity index (χ4v) is 1.16. The van der Waals surface area contributed by atoms with E-state index >= 15 is 0 Å². The SMILES string of the molecule is CCCC[N+](C)(C)CCC(O)O. The largest absolute Gasteiger partial charge is 0.368 e. The van der Waals surface area contributed by atoms with Crippen LogP contribution in [0.1, 0.15) is 26.2 Å². The van der Waals surface area contributed by atoms with E-state index in [0.29, 0.717) is 6.42 Å². The molecule has 0 radical (unpaired) electrons. The fraction of sp³-hybridized carbons (Fsp3) is 1.00. The molecule has 0 aliphatic heterocycles. The molecule has 0 aromatic carbocycles. The molecule has 0 unspecified atom stereocenters. The molecule has 0 heterocycles. The summed E-state index contributed by atoms with van der Waals surface area (Å²) in [5.41, 5.74) is 0. The van der Waals surface area contributed by atoms with E-state index < -0.39 is 6.29 Å². The summed E-state index contributed by atoms with van der Waals surface area (Å²) < 4.78 is 0.880. The second kappa shape index (κ2) is 5.51. The smallest absolute Gasteiger partial charge is 0.156 e. The Labute approximate surface area is 75.2 Å². The molecule has 0 saturated carbocycles. The van der Waals surface area contributed by atoms with E-state index in [9.17, 15) is 0 Å². The first-order chi connectivity index (χ1) is 5.48. The number of unbranched alkanes of at least 4 members (excludes halogenated alkanes) is 1. The average Bonchev–Trinajstić information content (AvgIpc) is 1.98. The quantitative estimate of drug-likeness (QED) is 0.459. The molecular weight excluding hydrogens is 154 g/mol. The zero-order valence-electron chi connectivity index (χ0n) is 8.45. The molecule has 3 nitrogen and oxygen atoms in total. The van der Waals surface area contributed by atoms with Crippen LogP contribution in [0.2, 0.25) is 0 Å². The fourth-order valence-electron chi connectivity index (χ4n) is 1.16. The molecule has 2 N–H and O–H groups in total. The van der Waals surface area contributed by atoms with Crippen molar-refractivity contribution in [1.82, 2.24) is 0 Å². The Morgan fingerprint density at radius 3 is 2.17 bits per heavy atom. The molecule has 12 heavy (non-hydrogen) atoms. The Morgan fingerprint density at radius 2 is 1.75 bits per heavy atom. The van der Waals surface area contributed by atoms with Crippen molar-refractivity contribution >= 4 is 0 Å². The summed E-state index contributed by atoms with van der Waals surface area (Å²) in [5, 5.41) is 17.4. The highest BCUT2D eigenvalue weighted by atomic mass is 16.5. The van der Waals surface area contributed by atoms with Crippen LogP contribution in [0.15, 0.2) is 0 Å². The summed E-state index contributed by atoms with van der Waals surface area (Å²) in [6.07, 6.45) is 1.72. The van der Waals surface area contributed by atoms with Crippen molar-refractivity contribution in [2.45, 2.75) is 32.5 Å². The van der Waals surface area contributed by atoms with Crippen LogP contribution in [-0.2, 0) is 0 Å². The van der Waals surface area contributed by atoms with Crippen molar-refractivity contribution in [1.29, 1.82) is 0 Å². The van der Waals surface area contributed by atoms with E-state index in [0.717, 1.165) is 17.6 Å². The van der Waals surface area contributed by atoms with Crippen LogP contribution < -0.4 is 0 Å². The van der Waals surface area contributed by atoms with Gasteiger partial charge in [0.15, 0.2) is 6.29 Å². The van der Waals surface area contributed by atoms with Crippen molar-refractivity contribution in [2.75, 3.05) is 27.2 Å². The standard InChI is InChI=1S/C9H22NO2/c1-4-5-7-10(2,3)8-6-9(11)12/h9,11-12H,4-8H2,1-3H3/q+1. The minimum absolute atomic E-state index is 0.469. The third kappa shape index (κ3) is 6.58. The minimum atomic E-state index is -1.15. The Morgan fingerprint density at radius 1 is 1.17 bits per heavy atom. The monoisotopic (exact) mass is 176 g/mol. The zero-order valence-corrected chi connectivity index (χ0v) is 8.45. The Bertz CT molecular complexity index is 113. The minimum Gasteiger partial charge on any atom is -0.368 e. The van der Waals surface area contributed by atoms with E-state index in [1.807, 2.05) is 0 Å². The number of aliphatic hydroxyl groups is 2. The zero-order chi connectivity index (χ0) is 9.61. The first-order valence-electron chi connectivity index (χ1n) is 4.66. The summed E-state index contributed by atoms with van der Waals surface area (Å²) >= 11 is 0. The highest BCUT2D eigenvalue weighted by molar-refractivity contribution is 4.40. The maximum absolute atomic E-state index is 8.69. The molecule has 74 valence electrons. The van der Waals surface area contributed by atoms with Gasteiger partial charge in [-0.1, -0.05) is 13.3 Å². The average molecular weight is 176 g/mol. The van der Waals surface area contributed by atoms with Gasteiger partial charge in [0.2, 0.25) is 0 Å². The normalized spacial score (nSPS) is 12.5. The molecule has 0 aliphatic carbocycles. The maximum atomic E-state index is 8.69. The third-order valence-corrected chi connectivity index (χ3v) is 2.11. The van der Waals surface area contributed by atoms with Gasteiger partial charge < -0.3 is 14.7 Å². The summed E-state index contributed by atoms with van der Waals surface area (Å²) in [6.45, 7) is 4.11. The highest BCUT2D eigenvalue weighted by Gasteiger charge is 2.14. The third-order valence-electron chi connectivity index (χ3n) is 2.11. The number of quaternary nitrogens is 1. The van der Waals surface area contributed by atoms with E-state index in [2.05, 4.69) is 21.0 Å². The summed E-state index contributed by atoms with van der Waals surface area (Å²) in [6, 6.07) is 0. The highest BCUT2D eigenvalue weighted by Crippen LogP contribution is 2.03. The molecule has 0 saturated heterocycles. The molecule has 0 amide bonds. The van der Waals surface area contributed by atoms with Crippen molar-refractivity contribution < 1.29 is 14.7 Å². The first-order valence-corrected chi connectivity index (χ1v) is 4.66. The molecule has 0 spiro atoms. The molecule has 0 bridgehead atoms. The van der Waals surface area contributed by atoms with Gasteiger partial charge in [-0.2, -0.15) is 0 Å². The summed E-state index contributed by atoms with van der Waals surface area (Å²) in [4.78, 5) is 0. The van der Waals surface area contributed by atoms with Crippen LogP contribution in [-0.4, -0.2) is 48.2 Å². The van der Waals surface area contributed by atoms with Crippen LogP contribution in [0.4, 0.5) is 0 Å². The van der Waals surface area contributed by atoms with Gasteiger partial charge >= 0.3 is 0 Å². The van der Waals surface area contributed by atoms with Gasteiger partial charge in [0.25, 0.3) is 0 Å². The maximum Gasteiger partial charge on any atom is 0.156 e. The lowest BCUT2D eigenvalue weighted by atomic mass is 10.2.